The first-order chi connectivity index (χ1) is 21.9. The number of esters is 1. The molecule has 0 saturated carbocycles. The molecule has 10 nitrogen and oxygen atoms in total. The van der Waals surface area contributed by atoms with Crippen molar-refractivity contribution >= 4 is 46.7 Å². The fraction of sp³-hybridized carbons (Fsp3) is 0.378. The van der Waals surface area contributed by atoms with E-state index in [-0.39, 0.29) is 42.2 Å². The standard InChI is InChI=1S/C37H44N4O6/c1-23-16-17-29-30(18-23)41(22-31(42)27-15-10-9-12-24(27)2)33(44)28(21-40(29)32(43)20-36(3,4)5)39-35(46)38-26-14-11-13-25(19-26)34(45)47-37(6,7)8/h9-19,28H,20-22H2,1-8H3,(H2,38,39,46). The predicted molar refractivity (Wildman–Crippen MR) is 183 cm³/mol. The van der Waals surface area contributed by atoms with Crippen molar-refractivity contribution in [2.24, 2.45) is 5.41 Å². The number of ether oxygens (including phenoxy) is 1. The van der Waals surface area contributed by atoms with Gasteiger partial charge in [0.2, 0.25) is 5.91 Å². The van der Waals surface area contributed by atoms with Crippen LogP contribution in [0.3, 0.4) is 0 Å². The number of hydrogen-bond donors (Lipinski definition) is 2. The van der Waals surface area contributed by atoms with Crippen molar-refractivity contribution in [2.75, 3.05) is 28.2 Å². The number of nitrogens with one attached hydrogen (secondary N) is 2. The van der Waals surface area contributed by atoms with Crippen LogP contribution in [0.2, 0.25) is 0 Å². The van der Waals surface area contributed by atoms with Crippen molar-refractivity contribution in [2.45, 2.75) is 73.5 Å². The van der Waals surface area contributed by atoms with Gasteiger partial charge in [0.05, 0.1) is 30.0 Å². The Morgan fingerprint density at radius 1 is 0.872 bits per heavy atom. The first-order valence-corrected chi connectivity index (χ1v) is 15.6. The van der Waals surface area contributed by atoms with Crippen LogP contribution in [0.25, 0.3) is 0 Å². The normalized spacial score (nSPS) is 15.0. The van der Waals surface area contributed by atoms with Crippen molar-refractivity contribution in [3.8, 4) is 0 Å². The Balaban J connectivity index is 1.69. The van der Waals surface area contributed by atoms with Gasteiger partial charge in [-0.3, -0.25) is 14.4 Å². The molecule has 0 aliphatic carbocycles. The van der Waals surface area contributed by atoms with Gasteiger partial charge < -0.3 is 25.2 Å². The third kappa shape index (κ3) is 9.06. The third-order valence-corrected chi connectivity index (χ3v) is 7.43. The monoisotopic (exact) mass is 640 g/mol. The maximum atomic E-state index is 14.3. The van der Waals surface area contributed by atoms with Gasteiger partial charge >= 0.3 is 12.0 Å². The minimum atomic E-state index is -1.20. The highest BCUT2D eigenvalue weighted by molar-refractivity contribution is 6.13. The predicted octanol–water partition coefficient (Wildman–Crippen LogP) is 6.45. The van der Waals surface area contributed by atoms with Gasteiger partial charge in [0.15, 0.2) is 5.78 Å². The van der Waals surface area contributed by atoms with Crippen LogP contribution in [0, 0.1) is 19.3 Å². The minimum Gasteiger partial charge on any atom is -0.456 e. The molecule has 1 atom stereocenters. The lowest BCUT2D eigenvalue weighted by Crippen LogP contribution is -2.54. The Bertz CT molecular complexity index is 1700. The van der Waals surface area contributed by atoms with Crippen LogP contribution >= 0.6 is 0 Å². The molecule has 1 aliphatic rings. The van der Waals surface area contributed by atoms with Crippen LogP contribution in [-0.4, -0.2) is 54.3 Å². The smallest absolute Gasteiger partial charge is 0.338 e. The maximum Gasteiger partial charge on any atom is 0.338 e. The van der Waals surface area contributed by atoms with Crippen molar-refractivity contribution in [3.05, 3.63) is 89.0 Å². The van der Waals surface area contributed by atoms with Crippen molar-refractivity contribution in [1.82, 2.24) is 5.32 Å². The van der Waals surface area contributed by atoms with Crippen molar-refractivity contribution < 1.29 is 28.7 Å². The number of aryl methyl sites for hydroxylation is 2. The van der Waals surface area contributed by atoms with Gasteiger partial charge in [-0.05, 0) is 81.5 Å². The summed E-state index contributed by atoms with van der Waals surface area (Å²) >= 11 is 0. The zero-order valence-electron chi connectivity index (χ0n) is 28.4. The highest BCUT2D eigenvalue weighted by Crippen LogP contribution is 2.36. The summed E-state index contributed by atoms with van der Waals surface area (Å²) in [6.45, 7) is 14.4. The molecule has 47 heavy (non-hydrogen) atoms. The van der Waals surface area contributed by atoms with Crippen LogP contribution < -0.4 is 20.4 Å². The van der Waals surface area contributed by atoms with E-state index in [1.54, 1.807) is 63.2 Å². The summed E-state index contributed by atoms with van der Waals surface area (Å²) in [5, 5.41) is 5.42. The Hall–Kier alpha value is -4.99. The molecule has 2 N–H and O–H groups in total. The second kappa shape index (κ2) is 13.8. The molecule has 10 heteroatoms. The average molecular weight is 641 g/mol. The van der Waals surface area contributed by atoms with E-state index in [2.05, 4.69) is 10.6 Å². The second-order valence-electron chi connectivity index (χ2n) is 14.1. The largest absolute Gasteiger partial charge is 0.456 e. The lowest BCUT2D eigenvalue weighted by molar-refractivity contribution is -0.121. The number of fused-ring (bicyclic) bond motifs is 1. The number of urea groups is 1. The van der Waals surface area contributed by atoms with E-state index in [9.17, 15) is 24.0 Å². The first-order valence-electron chi connectivity index (χ1n) is 15.6. The summed E-state index contributed by atoms with van der Waals surface area (Å²) in [6.07, 6.45) is 0.188. The average Bonchev–Trinajstić information content (AvgIpc) is 3.06. The minimum absolute atomic E-state index is 0.149. The molecule has 248 valence electrons. The molecule has 1 aliphatic heterocycles. The molecule has 3 aromatic carbocycles. The molecule has 0 radical (unpaired) electrons. The number of carbonyl (C=O) groups is 5. The number of hydrogen-bond acceptors (Lipinski definition) is 6. The lowest BCUT2D eigenvalue weighted by atomic mass is 9.91. The Kier molecular flexibility index (Phi) is 10.2. The summed E-state index contributed by atoms with van der Waals surface area (Å²) in [7, 11) is 0. The van der Waals surface area contributed by atoms with Gasteiger partial charge in [0.1, 0.15) is 11.6 Å². The van der Waals surface area contributed by atoms with E-state index < -0.39 is 29.6 Å². The van der Waals surface area contributed by atoms with Crippen molar-refractivity contribution in [3.63, 3.8) is 0 Å². The summed E-state index contributed by atoms with van der Waals surface area (Å²) in [6, 6.07) is 16.9. The number of anilines is 3. The van der Waals surface area contributed by atoms with E-state index in [0.717, 1.165) is 11.1 Å². The SMILES string of the molecule is Cc1ccc2c(c1)N(CC(=O)c1ccccc1C)C(=O)C(NC(=O)Nc1cccc(C(=O)OC(C)(C)C)c1)CN2C(=O)CC(C)(C)C. The highest BCUT2D eigenvalue weighted by Gasteiger charge is 2.38. The molecule has 0 saturated heterocycles. The van der Waals surface area contributed by atoms with Gasteiger partial charge in [-0.1, -0.05) is 57.2 Å². The molecule has 3 aromatic rings. The summed E-state index contributed by atoms with van der Waals surface area (Å²) in [5.74, 6) is -1.58. The summed E-state index contributed by atoms with van der Waals surface area (Å²) in [4.78, 5) is 70.6. The Morgan fingerprint density at radius 3 is 2.23 bits per heavy atom. The highest BCUT2D eigenvalue weighted by atomic mass is 16.6. The van der Waals surface area contributed by atoms with E-state index >= 15 is 0 Å². The molecule has 4 amide bonds. The quantitative estimate of drug-likeness (QED) is 0.226. The molecule has 0 bridgehead atoms. The summed E-state index contributed by atoms with van der Waals surface area (Å²) < 4.78 is 5.44. The van der Waals surface area contributed by atoms with Crippen LogP contribution in [0.4, 0.5) is 21.9 Å². The number of amides is 4. The molecular formula is C37H44N4O6. The lowest BCUT2D eigenvalue weighted by Gasteiger charge is -2.28. The van der Waals surface area contributed by atoms with E-state index in [0.29, 0.717) is 22.6 Å². The Labute approximate surface area is 276 Å². The van der Waals surface area contributed by atoms with E-state index in [1.165, 1.54) is 15.9 Å². The third-order valence-electron chi connectivity index (χ3n) is 7.43. The molecule has 0 fully saturated rings. The molecular weight excluding hydrogens is 596 g/mol. The van der Waals surface area contributed by atoms with E-state index in [4.69, 9.17) is 4.74 Å². The van der Waals surface area contributed by atoms with Gasteiger partial charge in [-0.25, -0.2) is 9.59 Å². The molecule has 0 spiro atoms. The van der Waals surface area contributed by atoms with Crippen LogP contribution in [0.15, 0.2) is 66.7 Å². The molecule has 4 rings (SSSR count). The Morgan fingerprint density at radius 2 is 1.57 bits per heavy atom. The number of nitrogens with zero attached hydrogens (tertiary/aromatic N) is 2. The number of benzene rings is 3. The zero-order chi connectivity index (χ0) is 34.7. The number of Topliss-reactive ketones (excluding diaryl/α,β-unsaturated/α-hetero) is 1. The number of rotatable bonds is 7. The first kappa shape index (κ1) is 34.9. The number of ketones is 1. The molecule has 1 heterocycles. The second-order valence-corrected chi connectivity index (χ2v) is 14.1. The van der Waals surface area contributed by atoms with E-state index in [1.807, 2.05) is 52.8 Å². The van der Waals surface area contributed by atoms with Gasteiger partial charge in [0.25, 0.3) is 5.91 Å². The zero-order valence-corrected chi connectivity index (χ0v) is 28.4. The van der Waals surface area contributed by atoms with Crippen LogP contribution in [0.5, 0.6) is 0 Å². The fourth-order valence-electron chi connectivity index (χ4n) is 5.30. The molecule has 0 aromatic heterocycles. The van der Waals surface area contributed by atoms with Gasteiger partial charge in [-0.2, -0.15) is 0 Å². The van der Waals surface area contributed by atoms with Crippen LogP contribution in [-0.2, 0) is 14.3 Å². The summed E-state index contributed by atoms with van der Waals surface area (Å²) in [5.41, 5.74) is 2.48. The fourth-order valence-corrected chi connectivity index (χ4v) is 5.30. The maximum absolute atomic E-state index is 14.3. The number of carbonyl (C=O) groups excluding carboxylic acids is 5. The van der Waals surface area contributed by atoms with Crippen LogP contribution in [0.1, 0.15) is 79.8 Å². The van der Waals surface area contributed by atoms with Gasteiger partial charge in [0, 0.05) is 17.7 Å². The molecule has 1 unspecified atom stereocenters. The van der Waals surface area contributed by atoms with Gasteiger partial charge in [-0.15, -0.1) is 0 Å². The van der Waals surface area contributed by atoms with Crippen molar-refractivity contribution in [1.29, 1.82) is 0 Å². The topological polar surface area (TPSA) is 125 Å².